The van der Waals surface area contributed by atoms with Crippen molar-refractivity contribution in [3.8, 4) is 0 Å². The molecule has 2 aromatic carbocycles. The van der Waals surface area contributed by atoms with Crippen molar-refractivity contribution in [3.63, 3.8) is 0 Å². The number of benzene rings is 2. The Bertz CT molecular complexity index is 523. The lowest BCUT2D eigenvalue weighted by molar-refractivity contribution is 0.954. The molecule has 0 saturated heterocycles. The zero-order valence-corrected chi connectivity index (χ0v) is 12.7. The molecule has 0 aliphatic rings. The van der Waals surface area contributed by atoms with Crippen molar-refractivity contribution < 1.29 is 0 Å². The summed E-state index contributed by atoms with van der Waals surface area (Å²) in [5.74, 6) is 0. The Morgan fingerprint density at radius 1 is 1.06 bits per heavy atom. The highest BCUT2D eigenvalue weighted by atomic mass is 79.9. The number of nitrogens with two attached hydrogens (primary N) is 1. The molecule has 0 atom stereocenters. The first-order valence-corrected chi connectivity index (χ1v) is 7.53. The van der Waals surface area contributed by atoms with E-state index in [-0.39, 0.29) is 0 Å². The van der Waals surface area contributed by atoms with Gasteiger partial charge < -0.3 is 5.73 Å². The van der Waals surface area contributed by atoms with Gasteiger partial charge in [0.1, 0.15) is 0 Å². The Morgan fingerprint density at radius 2 is 1.72 bits per heavy atom. The van der Waals surface area contributed by atoms with Gasteiger partial charge >= 0.3 is 0 Å². The van der Waals surface area contributed by atoms with Gasteiger partial charge in [0.15, 0.2) is 0 Å². The number of hydrogen-bond donors (Lipinski definition) is 1. The maximum atomic E-state index is 5.60. The van der Waals surface area contributed by atoms with Crippen LogP contribution in [0.25, 0.3) is 0 Å². The number of aryl methyl sites for hydroxylation is 1. The predicted octanol–water partition coefficient (Wildman–Crippen LogP) is 4.41. The molecule has 0 unspecified atom stereocenters. The Kier molecular flexibility index (Phi) is 4.87. The summed E-state index contributed by atoms with van der Waals surface area (Å²) in [6, 6.07) is 15.0. The maximum absolute atomic E-state index is 5.60. The molecule has 3 heteroatoms. The molecule has 0 radical (unpaired) electrons. The average molecular weight is 322 g/mol. The third-order valence-corrected chi connectivity index (χ3v) is 4.30. The normalized spacial score (nSPS) is 10.6. The number of rotatable bonds is 4. The molecule has 1 nitrogen and oxygen atoms in total. The van der Waals surface area contributed by atoms with Gasteiger partial charge in [-0.2, -0.15) is 0 Å². The molecule has 18 heavy (non-hydrogen) atoms. The van der Waals surface area contributed by atoms with Crippen molar-refractivity contribution in [2.75, 3.05) is 6.54 Å². The van der Waals surface area contributed by atoms with E-state index in [0.717, 1.165) is 10.9 Å². The van der Waals surface area contributed by atoms with Crippen LogP contribution in [0.5, 0.6) is 0 Å². The minimum Gasteiger partial charge on any atom is -0.330 e. The van der Waals surface area contributed by atoms with Crippen LogP contribution >= 0.6 is 27.7 Å². The molecule has 2 aromatic rings. The van der Waals surface area contributed by atoms with Gasteiger partial charge in [-0.3, -0.25) is 0 Å². The molecule has 2 rings (SSSR count). The van der Waals surface area contributed by atoms with Gasteiger partial charge in [-0.15, -0.1) is 0 Å². The second-order valence-corrected chi connectivity index (χ2v) is 6.25. The summed E-state index contributed by atoms with van der Waals surface area (Å²) >= 11 is 5.23. The first-order chi connectivity index (χ1) is 8.69. The quantitative estimate of drug-likeness (QED) is 0.902. The van der Waals surface area contributed by atoms with Gasteiger partial charge in [0.2, 0.25) is 0 Å². The number of halogens is 1. The van der Waals surface area contributed by atoms with Crippen molar-refractivity contribution in [1.82, 2.24) is 0 Å². The van der Waals surface area contributed by atoms with E-state index in [2.05, 4.69) is 65.3 Å². The third-order valence-electron chi connectivity index (χ3n) is 2.78. The Morgan fingerprint density at radius 3 is 2.33 bits per heavy atom. The van der Waals surface area contributed by atoms with Gasteiger partial charge in [-0.05, 0) is 67.4 Å². The molecule has 0 fully saturated rings. The summed E-state index contributed by atoms with van der Waals surface area (Å²) in [6.07, 6.45) is 0.953. The molecule has 0 heterocycles. The fraction of sp³-hybridized carbons (Fsp3) is 0.200. The van der Waals surface area contributed by atoms with E-state index in [0.29, 0.717) is 6.54 Å². The highest BCUT2D eigenvalue weighted by molar-refractivity contribution is 9.10. The number of hydrogen-bond acceptors (Lipinski definition) is 2. The first-order valence-electron chi connectivity index (χ1n) is 5.92. The van der Waals surface area contributed by atoms with Crippen LogP contribution in [-0.2, 0) is 6.42 Å². The fourth-order valence-corrected chi connectivity index (χ4v) is 2.99. The second-order valence-electron chi connectivity index (χ2n) is 4.18. The Hall–Kier alpha value is -0.770. The van der Waals surface area contributed by atoms with E-state index in [9.17, 15) is 0 Å². The molecular weight excluding hydrogens is 306 g/mol. The monoisotopic (exact) mass is 321 g/mol. The average Bonchev–Trinajstić information content (AvgIpc) is 2.36. The van der Waals surface area contributed by atoms with E-state index in [4.69, 9.17) is 5.73 Å². The zero-order valence-electron chi connectivity index (χ0n) is 10.3. The predicted molar refractivity (Wildman–Crippen MR) is 82.2 cm³/mol. The minimum atomic E-state index is 0.708. The highest BCUT2D eigenvalue weighted by Gasteiger charge is 2.01. The summed E-state index contributed by atoms with van der Waals surface area (Å²) in [6.45, 7) is 2.86. The topological polar surface area (TPSA) is 26.0 Å². The lowest BCUT2D eigenvalue weighted by Crippen LogP contribution is -2.03. The summed E-state index contributed by atoms with van der Waals surface area (Å²) in [4.78, 5) is 2.53. The van der Waals surface area contributed by atoms with Crippen LogP contribution in [0, 0.1) is 6.92 Å². The van der Waals surface area contributed by atoms with E-state index < -0.39 is 0 Å². The van der Waals surface area contributed by atoms with Crippen LogP contribution in [0.3, 0.4) is 0 Å². The molecule has 0 bridgehead atoms. The van der Waals surface area contributed by atoms with Crippen molar-refractivity contribution in [1.29, 1.82) is 0 Å². The molecule has 2 N–H and O–H groups in total. The second kappa shape index (κ2) is 6.41. The standard InChI is InChI=1S/C15H16BrNS/c1-11-10-15(5-2-12(11)8-9-17)18-14-6-3-13(16)4-7-14/h2-7,10H,8-9,17H2,1H3. The van der Waals surface area contributed by atoms with Crippen LogP contribution in [-0.4, -0.2) is 6.54 Å². The summed E-state index contributed by atoms with van der Waals surface area (Å²) < 4.78 is 1.11. The lowest BCUT2D eigenvalue weighted by Gasteiger charge is -2.07. The van der Waals surface area contributed by atoms with Gasteiger partial charge in [-0.1, -0.05) is 33.8 Å². The molecule has 0 saturated carbocycles. The van der Waals surface area contributed by atoms with Crippen LogP contribution in [0.4, 0.5) is 0 Å². The molecule has 94 valence electrons. The fourth-order valence-electron chi connectivity index (χ4n) is 1.81. The van der Waals surface area contributed by atoms with Gasteiger partial charge in [0, 0.05) is 14.3 Å². The molecule has 0 aromatic heterocycles. The lowest BCUT2D eigenvalue weighted by atomic mass is 10.1. The van der Waals surface area contributed by atoms with Crippen LogP contribution in [0.2, 0.25) is 0 Å². The summed E-state index contributed by atoms with van der Waals surface area (Å²) in [5.41, 5.74) is 8.26. The van der Waals surface area contributed by atoms with Crippen molar-refractivity contribution in [2.45, 2.75) is 23.1 Å². The van der Waals surface area contributed by atoms with Crippen molar-refractivity contribution in [2.24, 2.45) is 5.73 Å². The molecular formula is C15H16BrNS. The Balaban J connectivity index is 2.14. The maximum Gasteiger partial charge on any atom is 0.0176 e. The van der Waals surface area contributed by atoms with Gasteiger partial charge in [0.05, 0.1) is 0 Å². The Labute approximate surface area is 121 Å². The van der Waals surface area contributed by atoms with E-state index in [1.54, 1.807) is 11.8 Å². The summed E-state index contributed by atoms with van der Waals surface area (Å²) in [5, 5.41) is 0. The minimum absolute atomic E-state index is 0.708. The smallest absolute Gasteiger partial charge is 0.0176 e. The van der Waals surface area contributed by atoms with Crippen LogP contribution in [0.1, 0.15) is 11.1 Å². The molecule has 0 amide bonds. The SMILES string of the molecule is Cc1cc(Sc2ccc(Br)cc2)ccc1CCN. The van der Waals surface area contributed by atoms with E-state index in [1.807, 2.05) is 0 Å². The molecule has 0 spiro atoms. The van der Waals surface area contributed by atoms with E-state index in [1.165, 1.54) is 20.9 Å². The highest BCUT2D eigenvalue weighted by Crippen LogP contribution is 2.29. The van der Waals surface area contributed by atoms with Crippen molar-refractivity contribution in [3.05, 3.63) is 58.1 Å². The van der Waals surface area contributed by atoms with Crippen LogP contribution in [0.15, 0.2) is 56.7 Å². The summed E-state index contributed by atoms with van der Waals surface area (Å²) in [7, 11) is 0. The third kappa shape index (κ3) is 3.61. The zero-order chi connectivity index (χ0) is 13.0. The molecule has 0 aliphatic carbocycles. The van der Waals surface area contributed by atoms with Crippen LogP contribution < -0.4 is 5.73 Å². The first kappa shape index (κ1) is 13.7. The van der Waals surface area contributed by atoms with Crippen molar-refractivity contribution >= 4 is 27.7 Å². The molecule has 0 aliphatic heterocycles. The van der Waals surface area contributed by atoms with E-state index >= 15 is 0 Å². The van der Waals surface area contributed by atoms with Gasteiger partial charge in [0.25, 0.3) is 0 Å². The largest absolute Gasteiger partial charge is 0.330 e. The van der Waals surface area contributed by atoms with Gasteiger partial charge in [-0.25, -0.2) is 0 Å².